The van der Waals surface area contributed by atoms with Crippen LogP contribution >= 0.6 is 15.9 Å². The second-order valence-electron chi connectivity index (χ2n) is 3.51. The Kier molecular flexibility index (Phi) is 5.43. The molecule has 0 amide bonds. The fourth-order valence-electron chi connectivity index (χ4n) is 1.29. The van der Waals surface area contributed by atoms with E-state index in [1.54, 1.807) is 6.92 Å². The van der Waals surface area contributed by atoms with E-state index in [4.69, 9.17) is 0 Å². The molecule has 7 heteroatoms. The van der Waals surface area contributed by atoms with Crippen molar-refractivity contribution < 1.29 is 8.42 Å². The van der Waals surface area contributed by atoms with Crippen molar-refractivity contribution in [3.8, 4) is 0 Å². The van der Waals surface area contributed by atoms with Crippen LogP contribution in [0.3, 0.4) is 0 Å². The first-order valence-corrected chi connectivity index (χ1v) is 7.74. The summed E-state index contributed by atoms with van der Waals surface area (Å²) in [4.78, 5) is 0.230. The number of H-pyrrole nitrogens is 1. The summed E-state index contributed by atoms with van der Waals surface area (Å²) in [6, 6.07) is 0. The molecule has 1 heterocycles. The van der Waals surface area contributed by atoms with Gasteiger partial charge in [-0.1, -0.05) is 22.4 Å². The van der Waals surface area contributed by atoms with Gasteiger partial charge in [0.05, 0.1) is 11.9 Å². The number of nitrogens with one attached hydrogen (secondary N) is 2. The molecular formula is C9H16BrN3O2S. The number of aromatic nitrogens is 2. The average molecular weight is 310 g/mol. The molecule has 0 aliphatic heterocycles. The molecule has 0 aliphatic carbocycles. The Labute approximate surface area is 104 Å². The fourth-order valence-corrected chi connectivity index (χ4v) is 2.90. The molecular weight excluding hydrogens is 294 g/mol. The zero-order valence-corrected chi connectivity index (χ0v) is 11.6. The van der Waals surface area contributed by atoms with Gasteiger partial charge in [-0.3, -0.25) is 5.10 Å². The van der Waals surface area contributed by atoms with Crippen molar-refractivity contribution in [2.24, 2.45) is 0 Å². The Balaban J connectivity index is 2.45. The van der Waals surface area contributed by atoms with Crippen LogP contribution in [0.25, 0.3) is 0 Å². The number of halogens is 1. The van der Waals surface area contributed by atoms with Crippen LogP contribution in [0.15, 0.2) is 11.1 Å². The first kappa shape index (κ1) is 13.7. The van der Waals surface area contributed by atoms with Gasteiger partial charge in [-0.15, -0.1) is 0 Å². The van der Waals surface area contributed by atoms with E-state index in [1.807, 2.05) is 0 Å². The number of hydrogen-bond donors (Lipinski definition) is 2. The van der Waals surface area contributed by atoms with Crippen LogP contribution in [0.5, 0.6) is 0 Å². The van der Waals surface area contributed by atoms with Crippen LogP contribution in [-0.2, 0) is 10.0 Å². The summed E-state index contributed by atoms with van der Waals surface area (Å²) in [6.07, 6.45) is 4.25. The molecule has 1 aromatic heterocycles. The summed E-state index contributed by atoms with van der Waals surface area (Å²) in [5.41, 5.74) is 0.563. The monoisotopic (exact) mass is 309 g/mol. The van der Waals surface area contributed by atoms with Crippen LogP contribution in [0.4, 0.5) is 0 Å². The zero-order chi connectivity index (χ0) is 12.0. The molecule has 16 heavy (non-hydrogen) atoms. The quantitative estimate of drug-likeness (QED) is 0.593. The van der Waals surface area contributed by atoms with Gasteiger partial charge in [-0.05, 0) is 19.8 Å². The second kappa shape index (κ2) is 6.36. The number of unbranched alkanes of at least 4 members (excludes halogenated alkanes) is 2. The Bertz CT molecular complexity index is 416. The van der Waals surface area contributed by atoms with Crippen LogP contribution in [-0.4, -0.2) is 30.5 Å². The van der Waals surface area contributed by atoms with E-state index in [1.165, 1.54) is 6.20 Å². The predicted octanol–water partition coefficient (Wildman–Crippen LogP) is 1.56. The van der Waals surface area contributed by atoms with Crippen molar-refractivity contribution in [2.45, 2.75) is 31.1 Å². The van der Waals surface area contributed by atoms with Gasteiger partial charge in [0.1, 0.15) is 4.90 Å². The molecule has 0 fully saturated rings. The Hall–Kier alpha value is -0.400. The number of nitrogens with zero attached hydrogens (tertiary/aromatic N) is 1. The van der Waals surface area contributed by atoms with Gasteiger partial charge in [0, 0.05) is 11.9 Å². The zero-order valence-electron chi connectivity index (χ0n) is 9.16. The molecule has 0 aliphatic rings. The van der Waals surface area contributed by atoms with Gasteiger partial charge < -0.3 is 0 Å². The lowest BCUT2D eigenvalue weighted by Crippen LogP contribution is -2.25. The topological polar surface area (TPSA) is 74.8 Å². The number of alkyl halides is 1. The van der Waals surface area contributed by atoms with Crippen LogP contribution in [0.2, 0.25) is 0 Å². The number of hydrogen-bond acceptors (Lipinski definition) is 3. The minimum absolute atomic E-state index is 0.230. The first-order valence-electron chi connectivity index (χ1n) is 5.13. The molecule has 1 rings (SSSR count). The third-order valence-corrected chi connectivity index (χ3v) is 4.31. The summed E-state index contributed by atoms with van der Waals surface area (Å²) >= 11 is 3.33. The number of aromatic amines is 1. The van der Waals surface area contributed by atoms with E-state index in [2.05, 4.69) is 30.8 Å². The third kappa shape index (κ3) is 3.88. The van der Waals surface area contributed by atoms with Crippen molar-refractivity contribution in [1.29, 1.82) is 0 Å². The average Bonchev–Trinajstić information content (AvgIpc) is 2.65. The SMILES string of the molecule is Cc1[nH]ncc1S(=O)(=O)NCCCCCBr. The molecule has 0 bridgehead atoms. The number of aryl methyl sites for hydroxylation is 1. The summed E-state index contributed by atoms with van der Waals surface area (Å²) in [5, 5.41) is 7.26. The van der Waals surface area contributed by atoms with Gasteiger partial charge in [0.15, 0.2) is 0 Å². The number of sulfonamides is 1. The highest BCUT2D eigenvalue weighted by Gasteiger charge is 2.17. The second-order valence-corrected chi connectivity index (χ2v) is 6.04. The van der Waals surface area contributed by atoms with Gasteiger partial charge in [0.25, 0.3) is 0 Å². The summed E-state index contributed by atoms with van der Waals surface area (Å²) in [6.45, 7) is 2.16. The summed E-state index contributed by atoms with van der Waals surface area (Å²) in [5.74, 6) is 0. The molecule has 0 unspecified atom stereocenters. The van der Waals surface area contributed by atoms with Crippen LogP contribution in [0, 0.1) is 6.92 Å². The van der Waals surface area contributed by atoms with Crippen molar-refractivity contribution >= 4 is 26.0 Å². The normalized spacial score (nSPS) is 11.9. The molecule has 0 saturated heterocycles. The molecule has 0 atom stereocenters. The number of rotatable bonds is 7. The van der Waals surface area contributed by atoms with Crippen molar-refractivity contribution in [3.63, 3.8) is 0 Å². The van der Waals surface area contributed by atoms with E-state index >= 15 is 0 Å². The highest BCUT2D eigenvalue weighted by atomic mass is 79.9. The molecule has 2 N–H and O–H groups in total. The van der Waals surface area contributed by atoms with Crippen molar-refractivity contribution in [3.05, 3.63) is 11.9 Å². The summed E-state index contributed by atoms with van der Waals surface area (Å²) in [7, 11) is -3.39. The lowest BCUT2D eigenvalue weighted by molar-refractivity contribution is 0.576. The van der Waals surface area contributed by atoms with Crippen molar-refractivity contribution in [1.82, 2.24) is 14.9 Å². The summed E-state index contributed by atoms with van der Waals surface area (Å²) < 4.78 is 26.1. The lowest BCUT2D eigenvalue weighted by atomic mass is 10.3. The van der Waals surface area contributed by atoms with Gasteiger partial charge >= 0.3 is 0 Å². The largest absolute Gasteiger partial charge is 0.281 e. The maximum Gasteiger partial charge on any atom is 0.243 e. The smallest absolute Gasteiger partial charge is 0.243 e. The first-order chi connectivity index (χ1) is 7.58. The van der Waals surface area contributed by atoms with E-state index in [9.17, 15) is 8.42 Å². The predicted molar refractivity (Wildman–Crippen MR) is 66.2 cm³/mol. The van der Waals surface area contributed by atoms with E-state index in [-0.39, 0.29) is 4.90 Å². The maximum atomic E-state index is 11.8. The van der Waals surface area contributed by atoms with Crippen LogP contribution < -0.4 is 4.72 Å². The fraction of sp³-hybridized carbons (Fsp3) is 0.667. The van der Waals surface area contributed by atoms with Gasteiger partial charge in [0.2, 0.25) is 10.0 Å². The highest BCUT2D eigenvalue weighted by molar-refractivity contribution is 9.09. The Morgan fingerprint density at radius 1 is 1.44 bits per heavy atom. The standard InChI is InChI=1S/C9H16BrN3O2S/c1-8-9(7-11-13-8)16(14,15)12-6-4-2-3-5-10/h7,12H,2-6H2,1H3,(H,11,13). The van der Waals surface area contributed by atoms with E-state index in [0.717, 1.165) is 24.6 Å². The minimum Gasteiger partial charge on any atom is -0.281 e. The Morgan fingerprint density at radius 3 is 2.75 bits per heavy atom. The molecule has 0 radical (unpaired) electrons. The molecule has 0 aromatic carbocycles. The third-order valence-electron chi connectivity index (χ3n) is 2.18. The Morgan fingerprint density at radius 2 is 2.19 bits per heavy atom. The lowest BCUT2D eigenvalue weighted by Gasteiger charge is -2.04. The molecule has 0 saturated carbocycles. The molecule has 5 nitrogen and oxygen atoms in total. The minimum atomic E-state index is -3.39. The van der Waals surface area contributed by atoms with E-state index < -0.39 is 10.0 Å². The van der Waals surface area contributed by atoms with Crippen LogP contribution in [0.1, 0.15) is 25.0 Å². The maximum absolute atomic E-state index is 11.8. The molecule has 1 aromatic rings. The van der Waals surface area contributed by atoms with Crippen molar-refractivity contribution in [2.75, 3.05) is 11.9 Å². The molecule has 0 spiro atoms. The molecule has 92 valence electrons. The van der Waals surface area contributed by atoms with E-state index in [0.29, 0.717) is 12.2 Å². The van der Waals surface area contributed by atoms with Gasteiger partial charge in [-0.25, -0.2) is 13.1 Å². The van der Waals surface area contributed by atoms with Gasteiger partial charge in [-0.2, -0.15) is 5.10 Å². The highest BCUT2D eigenvalue weighted by Crippen LogP contribution is 2.10.